The lowest BCUT2D eigenvalue weighted by atomic mass is 10.2. The normalized spacial score (nSPS) is 12.2. The number of carbonyl (C=O) groups excluding carboxylic acids is 2. The molecule has 5 heteroatoms. The summed E-state index contributed by atoms with van der Waals surface area (Å²) < 4.78 is 5.16. The van der Waals surface area contributed by atoms with E-state index < -0.39 is 12.1 Å². The number of carbonyl (C=O) groups is 2. The second-order valence-corrected chi connectivity index (χ2v) is 3.79. The molecular weight excluding hydrogens is 224 g/mol. The van der Waals surface area contributed by atoms with Crippen LogP contribution in [0.3, 0.4) is 0 Å². The molecule has 0 rings (SSSR count). The number of ether oxygens (including phenoxy) is 1. The van der Waals surface area contributed by atoms with Gasteiger partial charge in [0.05, 0.1) is 6.61 Å². The van der Waals surface area contributed by atoms with Crippen molar-refractivity contribution in [1.29, 1.82) is 0 Å². The van der Waals surface area contributed by atoms with E-state index in [0.717, 1.165) is 25.7 Å². The molecule has 0 radical (unpaired) electrons. The van der Waals surface area contributed by atoms with Gasteiger partial charge in [0, 0.05) is 6.61 Å². The molecule has 0 aliphatic heterocycles. The standard InChI is InChI=1S/C12H22O5/c1-4-6-8-15-11(10(3)13)12(14)17-16-9-7-5-2/h11H,4-9H2,1-3H3. The van der Waals surface area contributed by atoms with Crippen molar-refractivity contribution in [2.45, 2.75) is 52.6 Å². The number of hydrogen-bond acceptors (Lipinski definition) is 5. The van der Waals surface area contributed by atoms with Crippen LogP contribution in [0.1, 0.15) is 46.5 Å². The van der Waals surface area contributed by atoms with Gasteiger partial charge in [-0.15, -0.1) is 0 Å². The highest BCUT2D eigenvalue weighted by molar-refractivity contribution is 6.00. The Morgan fingerprint density at radius 2 is 1.65 bits per heavy atom. The molecule has 0 bridgehead atoms. The van der Waals surface area contributed by atoms with Crippen LogP contribution in [0, 0.1) is 0 Å². The molecule has 0 fully saturated rings. The molecule has 0 aliphatic carbocycles. The first kappa shape index (κ1) is 16.1. The molecule has 0 aromatic carbocycles. The van der Waals surface area contributed by atoms with Crippen LogP contribution in [0.25, 0.3) is 0 Å². The predicted octanol–water partition coefficient (Wildman–Crippen LogP) is 2.04. The first-order chi connectivity index (χ1) is 8.13. The Hall–Kier alpha value is -0.940. The lowest BCUT2D eigenvalue weighted by Gasteiger charge is -2.12. The average molecular weight is 246 g/mol. The number of hydrogen-bond donors (Lipinski definition) is 0. The van der Waals surface area contributed by atoms with Crippen molar-refractivity contribution in [3.63, 3.8) is 0 Å². The summed E-state index contributed by atoms with van der Waals surface area (Å²) in [5.74, 6) is -1.14. The summed E-state index contributed by atoms with van der Waals surface area (Å²) in [6, 6.07) is 0. The highest BCUT2D eigenvalue weighted by Crippen LogP contribution is 2.01. The van der Waals surface area contributed by atoms with Crippen LogP contribution in [0.5, 0.6) is 0 Å². The van der Waals surface area contributed by atoms with E-state index >= 15 is 0 Å². The van der Waals surface area contributed by atoms with E-state index in [1.54, 1.807) is 0 Å². The van der Waals surface area contributed by atoms with Crippen molar-refractivity contribution in [3.05, 3.63) is 0 Å². The molecule has 0 heterocycles. The van der Waals surface area contributed by atoms with Gasteiger partial charge in [0.1, 0.15) is 0 Å². The quantitative estimate of drug-likeness (QED) is 0.255. The van der Waals surface area contributed by atoms with Gasteiger partial charge in [-0.3, -0.25) is 9.68 Å². The van der Waals surface area contributed by atoms with Crippen LogP contribution in [0.15, 0.2) is 0 Å². The molecule has 0 amide bonds. The second-order valence-electron chi connectivity index (χ2n) is 3.79. The third-order valence-corrected chi connectivity index (χ3v) is 2.09. The zero-order valence-electron chi connectivity index (χ0n) is 10.9. The highest BCUT2D eigenvalue weighted by Gasteiger charge is 2.26. The summed E-state index contributed by atoms with van der Waals surface area (Å²) in [4.78, 5) is 31.8. The van der Waals surface area contributed by atoms with E-state index in [1.165, 1.54) is 6.92 Å². The Morgan fingerprint density at radius 1 is 1.06 bits per heavy atom. The number of ketones is 1. The van der Waals surface area contributed by atoms with Gasteiger partial charge in [-0.1, -0.05) is 26.7 Å². The first-order valence-corrected chi connectivity index (χ1v) is 6.08. The smallest absolute Gasteiger partial charge is 0.359 e. The van der Waals surface area contributed by atoms with E-state index in [0.29, 0.717) is 13.2 Å². The summed E-state index contributed by atoms with van der Waals surface area (Å²) in [7, 11) is 0. The van der Waals surface area contributed by atoms with E-state index in [9.17, 15) is 9.59 Å². The summed E-state index contributed by atoms with van der Waals surface area (Å²) in [6.07, 6.45) is 2.32. The van der Waals surface area contributed by atoms with Crippen molar-refractivity contribution in [2.75, 3.05) is 13.2 Å². The molecule has 0 N–H and O–H groups in total. The second kappa shape index (κ2) is 10.2. The third kappa shape index (κ3) is 7.88. The molecule has 5 nitrogen and oxygen atoms in total. The first-order valence-electron chi connectivity index (χ1n) is 6.08. The number of rotatable bonds is 10. The Bertz CT molecular complexity index is 227. The monoisotopic (exact) mass is 246 g/mol. The third-order valence-electron chi connectivity index (χ3n) is 2.09. The van der Waals surface area contributed by atoms with Crippen LogP contribution in [-0.2, 0) is 24.1 Å². The molecular formula is C12H22O5. The molecule has 17 heavy (non-hydrogen) atoms. The van der Waals surface area contributed by atoms with Crippen LogP contribution in [-0.4, -0.2) is 31.1 Å². The predicted molar refractivity (Wildman–Crippen MR) is 62.3 cm³/mol. The Balaban J connectivity index is 3.93. The molecule has 0 spiro atoms. The minimum absolute atomic E-state index is 0.335. The Kier molecular flexibility index (Phi) is 9.66. The minimum Gasteiger partial charge on any atom is -0.359 e. The maximum absolute atomic E-state index is 11.4. The van der Waals surface area contributed by atoms with Gasteiger partial charge in [-0.05, 0) is 19.8 Å². The van der Waals surface area contributed by atoms with Gasteiger partial charge >= 0.3 is 5.97 Å². The minimum atomic E-state index is -1.16. The summed E-state index contributed by atoms with van der Waals surface area (Å²) in [5.41, 5.74) is 0. The van der Waals surface area contributed by atoms with Crippen molar-refractivity contribution in [2.24, 2.45) is 0 Å². The van der Waals surface area contributed by atoms with Crippen LogP contribution >= 0.6 is 0 Å². The molecule has 0 aliphatic rings. The van der Waals surface area contributed by atoms with Crippen molar-refractivity contribution in [1.82, 2.24) is 0 Å². The van der Waals surface area contributed by atoms with E-state index in [2.05, 4.69) is 4.89 Å². The fourth-order valence-electron chi connectivity index (χ4n) is 1.04. The van der Waals surface area contributed by atoms with Crippen molar-refractivity contribution in [3.8, 4) is 0 Å². The molecule has 1 unspecified atom stereocenters. The SMILES string of the molecule is CCCCOOC(=O)C(OCCCC)C(C)=O. The number of unbranched alkanes of at least 4 members (excludes halogenated alkanes) is 2. The largest absolute Gasteiger partial charge is 0.378 e. The zero-order valence-corrected chi connectivity index (χ0v) is 10.9. The van der Waals surface area contributed by atoms with E-state index in [1.807, 2.05) is 13.8 Å². The summed E-state index contributed by atoms with van der Waals surface area (Å²) in [6.45, 7) is 5.99. The van der Waals surface area contributed by atoms with Crippen LogP contribution in [0.4, 0.5) is 0 Å². The van der Waals surface area contributed by atoms with Gasteiger partial charge in [-0.2, -0.15) is 4.89 Å². The van der Waals surface area contributed by atoms with Gasteiger partial charge < -0.3 is 4.74 Å². The van der Waals surface area contributed by atoms with E-state index in [4.69, 9.17) is 9.62 Å². The molecule has 0 aromatic rings. The lowest BCUT2D eigenvalue weighted by Crippen LogP contribution is -2.33. The fourth-order valence-corrected chi connectivity index (χ4v) is 1.04. The van der Waals surface area contributed by atoms with Gasteiger partial charge in [0.25, 0.3) is 0 Å². The Labute approximate surface area is 102 Å². The number of Topliss-reactive ketones (excluding diaryl/α,β-unsaturated/α-hetero) is 1. The van der Waals surface area contributed by atoms with Gasteiger partial charge in [0.15, 0.2) is 5.78 Å². The fraction of sp³-hybridized carbons (Fsp3) is 0.833. The maximum Gasteiger partial charge on any atom is 0.378 e. The molecule has 0 saturated carbocycles. The maximum atomic E-state index is 11.4. The Morgan fingerprint density at radius 3 is 2.18 bits per heavy atom. The molecule has 0 aromatic heterocycles. The molecule has 1 atom stereocenters. The van der Waals surface area contributed by atoms with E-state index in [-0.39, 0.29) is 5.78 Å². The molecule has 100 valence electrons. The summed E-state index contributed by atoms with van der Waals surface area (Å²) in [5, 5.41) is 0. The van der Waals surface area contributed by atoms with Gasteiger partial charge in [0.2, 0.25) is 6.10 Å². The van der Waals surface area contributed by atoms with Crippen molar-refractivity contribution < 1.29 is 24.1 Å². The summed E-state index contributed by atoms with van der Waals surface area (Å²) >= 11 is 0. The zero-order chi connectivity index (χ0) is 13.1. The van der Waals surface area contributed by atoms with Crippen molar-refractivity contribution >= 4 is 11.8 Å². The van der Waals surface area contributed by atoms with Crippen LogP contribution < -0.4 is 0 Å². The van der Waals surface area contributed by atoms with Crippen LogP contribution in [0.2, 0.25) is 0 Å². The lowest BCUT2D eigenvalue weighted by molar-refractivity contribution is -0.279. The topological polar surface area (TPSA) is 61.8 Å². The molecule has 0 saturated heterocycles. The average Bonchev–Trinajstić information content (AvgIpc) is 2.29. The van der Waals surface area contributed by atoms with Gasteiger partial charge in [-0.25, -0.2) is 4.79 Å². The highest BCUT2D eigenvalue weighted by atomic mass is 17.2.